The van der Waals surface area contributed by atoms with Gasteiger partial charge in [-0.15, -0.1) is 0 Å². The Bertz CT molecular complexity index is 637. The van der Waals surface area contributed by atoms with Crippen LogP contribution in [-0.2, 0) is 6.54 Å². The van der Waals surface area contributed by atoms with E-state index >= 15 is 0 Å². The van der Waals surface area contributed by atoms with Crippen molar-refractivity contribution < 1.29 is 4.39 Å². The Hall–Kier alpha value is -0.680. The molecule has 0 atom stereocenters. The van der Waals surface area contributed by atoms with Crippen molar-refractivity contribution in [2.75, 3.05) is 0 Å². The summed E-state index contributed by atoms with van der Waals surface area (Å²) < 4.78 is 16.7. The third-order valence-corrected chi connectivity index (χ3v) is 3.83. The molecular formula is C13H16BrFN2S. The molecule has 0 aliphatic heterocycles. The number of rotatable bonds is 2. The zero-order valence-electron chi connectivity index (χ0n) is 10.7. The summed E-state index contributed by atoms with van der Waals surface area (Å²) in [4.78, 5) is 3.11. The minimum atomic E-state index is -0.263. The van der Waals surface area contributed by atoms with Gasteiger partial charge < -0.3 is 9.55 Å². The molecule has 0 fully saturated rings. The van der Waals surface area contributed by atoms with Gasteiger partial charge in [0, 0.05) is 12.6 Å². The molecule has 2 rings (SSSR count). The van der Waals surface area contributed by atoms with E-state index in [1.807, 2.05) is 4.57 Å². The average Bonchev–Trinajstić information content (AvgIpc) is 2.51. The molecule has 5 heteroatoms. The zero-order chi connectivity index (χ0) is 13.5. The molecule has 1 aromatic heterocycles. The van der Waals surface area contributed by atoms with Gasteiger partial charge in [-0.3, -0.25) is 0 Å². The van der Waals surface area contributed by atoms with Crippen LogP contribution < -0.4 is 0 Å². The number of hydrogen-bond donors (Lipinski definition) is 1. The summed E-state index contributed by atoms with van der Waals surface area (Å²) in [5, 5.41) is 0. The zero-order valence-corrected chi connectivity index (χ0v) is 13.1. The maximum atomic E-state index is 13.6. The lowest BCUT2D eigenvalue weighted by Crippen LogP contribution is -2.10. The maximum Gasteiger partial charge on any atom is 0.178 e. The van der Waals surface area contributed by atoms with E-state index in [0.717, 1.165) is 24.0 Å². The van der Waals surface area contributed by atoms with Crippen LogP contribution in [0.3, 0.4) is 0 Å². The molecule has 0 radical (unpaired) electrons. The predicted molar refractivity (Wildman–Crippen MR) is 78.9 cm³/mol. The van der Waals surface area contributed by atoms with E-state index in [4.69, 9.17) is 12.2 Å². The minimum absolute atomic E-state index is 0.228. The predicted octanol–water partition coefficient (Wildman–Crippen LogP) is 5.04. The fourth-order valence-electron chi connectivity index (χ4n) is 1.82. The van der Waals surface area contributed by atoms with Crippen molar-refractivity contribution in [1.29, 1.82) is 0 Å². The van der Waals surface area contributed by atoms with Crippen LogP contribution in [0.25, 0.3) is 11.0 Å². The number of imidazole rings is 1. The molecule has 18 heavy (non-hydrogen) atoms. The highest BCUT2D eigenvalue weighted by molar-refractivity contribution is 9.10. The Morgan fingerprint density at radius 2 is 2.06 bits per heavy atom. The number of H-pyrrole nitrogens is 1. The van der Waals surface area contributed by atoms with Crippen LogP contribution in [0, 0.1) is 16.0 Å². The molecule has 0 saturated carbocycles. The monoisotopic (exact) mass is 330 g/mol. The summed E-state index contributed by atoms with van der Waals surface area (Å²) in [6.07, 6.45) is 0.992. The Kier molecular flexibility index (Phi) is 3.65. The Balaban J connectivity index is 2.47. The molecule has 98 valence electrons. The molecule has 2 nitrogen and oxygen atoms in total. The first kappa shape index (κ1) is 13.7. The fraction of sp³-hybridized carbons (Fsp3) is 0.462. The van der Waals surface area contributed by atoms with Crippen molar-refractivity contribution in [3.8, 4) is 0 Å². The van der Waals surface area contributed by atoms with Crippen LogP contribution >= 0.6 is 28.1 Å². The van der Waals surface area contributed by atoms with Gasteiger partial charge in [-0.25, -0.2) is 4.39 Å². The van der Waals surface area contributed by atoms with Gasteiger partial charge in [-0.1, -0.05) is 20.8 Å². The van der Waals surface area contributed by atoms with Crippen molar-refractivity contribution in [3.05, 3.63) is 27.2 Å². The second kappa shape index (κ2) is 4.78. The standard InChI is InChI=1S/C13H16BrFN2S/c1-13(2,3)4-5-17-11-7-9(15)8(14)6-10(11)16-12(17)18/h6-7H,4-5H2,1-3H3,(H,16,18). The molecule has 0 bridgehead atoms. The Morgan fingerprint density at radius 3 is 2.67 bits per heavy atom. The van der Waals surface area contributed by atoms with Gasteiger partial charge in [0.1, 0.15) is 5.82 Å². The van der Waals surface area contributed by atoms with Gasteiger partial charge in [0.15, 0.2) is 4.77 Å². The minimum Gasteiger partial charge on any atom is -0.331 e. The molecule has 1 N–H and O–H groups in total. The SMILES string of the molecule is CC(C)(C)CCn1c(=S)[nH]c2cc(Br)c(F)cc21. The Morgan fingerprint density at radius 1 is 1.39 bits per heavy atom. The molecule has 1 heterocycles. The van der Waals surface area contributed by atoms with E-state index < -0.39 is 0 Å². The normalized spacial score (nSPS) is 12.3. The van der Waals surface area contributed by atoms with Gasteiger partial charge in [0.25, 0.3) is 0 Å². The highest BCUT2D eigenvalue weighted by Gasteiger charge is 2.13. The van der Waals surface area contributed by atoms with Crippen molar-refractivity contribution in [1.82, 2.24) is 9.55 Å². The van der Waals surface area contributed by atoms with Crippen LogP contribution in [0.5, 0.6) is 0 Å². The smallest absolute Gasteiger partial charge is 0.178 e. The van der Waals surface area contributed by atoms with Gasteiger partial charge in [-0.2, -0.15) is 0 Å². The summed E-state index contributed by atoms with van der Waals surface area (Å²) in [7, 11) is 0. The first-order valence-electron chi connectivity index (χ1n) is 5.85. The number of hydrogen-bond acceptors (Lipinski definition) is 1. The number of nitrogens with zero attached hydrogens (tertiary/aromatic N) is 1. The summed E-state index contributed by atoms with van der Waals surface area (Å²) in [5.41, 5.74) is 1.92. The lowest BCUT2D eigenvalue weighted by Gasteiger charge is -2.18. The number of benzene rings is 1. The third kappa shape index (κ3) is 2.83. The van der Waals surface area contributed by atoms with E-state index in [1.165, 1.54) is 6.07 Å². The van der Waals surface area contributed by atoms with Crippen molar-refractivity contribution in [2.24, 2.45) is 5.41 Å². The lowest BCUT2D eigenvalue weighted by atomic mass is 9.92. The van der Waals surface area contributed by atoms with Crippen molar-refractivity contribution >= 4 is 39.2 Å². The molecule has 0 amide bonds. The third-order valence-electron chi connectivity index (χ3n) is 2.90. The number of fused-ring (bicyclic) bond motifs is 1. The van der Waals surface area contributed by atoms with E-state index in [9.17, 15) is 4.39 Å². The molecule has 0 saturated heterocycles. The molecular weight excluding hydrogens is 315 g/mol. The summed E-state index contributed by atoms with van der Waals surface area (Å²) in [5.74, 6) is -0.263. The average molecular weight is 331 g/mol. The van der Waals surface area contributed by atoms with E-state index in [-0.39, 0.29) is 11.2 Å². The number of aromatic amines is 1. The summed E-state index contributed by atoms with van der Waals surface area (Å²) >= 11 is 8.48. The Labute approximate surface area is 119 Å². The number of aryl methyl sites for hydroxylation is 1. The molecule has 1 aromatic carbocycles. The fourth-order valence-corrected chi connectivity index (χ4v) is 2.46. The quantitative estimate of drug-likeness (QED) is 0.765. The first-order valence-corrected chi connectivity index (χ1v) is 7.06. The van der Waals surface area contributed by atoms with Gasteiger partial charge in [-0.05, 0) is 46.0 Å². The summed E-state index contributed by atoms with van der Waals surface area (Å²) in [6.45, 7) is 7.34. The molecule has 0 aliphatic rings. The molecule has 0 spiro atoms. The second-order valence-electron chi connectivity index (χ2n) is 5.68. The maximum absolute atomic E-state index is 13.6. The van der Waals surface area contributed by atoms with Gasteiger partial charge in [0.05, 0.1) is 15.5 Å². The van der Waals surface area contributed by atoms with Crippen molar-refractivity contribution in [3.63, 3.8) is 0 Å². The largest absolute Gasteiger partial charge is 0.331 e. The van der Waals surface area contributed by atoms with Crippen LogP contribution in [0.1, 0.15) is 27.2 Å². The van der Waals surface area contributed by atoms with E-state index in [2.05, 4.69) is 41.7 Å². The molecule has 2 aromatic rings. The van der Waals surface area contributed by atoms with Gasteiger partial charge >= 0.3 is 0 Å². The summed E-state index contributed by atoms with van der Waals surface area (Å²) in [6, 6.07) is 3.25. The van der Waals surface area contributed by atoms with Gasteiger partial charge in [0.2, 0.25) is 0 Å². The number of aromatic nitrogens is 2. The van der Waals surface area contributed by atoms with E-state index in [1.54, 1.807) is 6.07 Å². The number of halogens is 2. The van der Waals surface area contributed by atoms with Crippen LogP contribution in [0.4, 0.5) is 4.39 Å². The van der Waals surface area contributed by atoms with E-state index in [0.29, 0.717) is 9.24 Å². The lowest BCUT2D eigenvalue weighted by molar-refractivity contribution is 0.352. The van der Waals surface area contributed by atoms with Crippen LogP contribution in [-0.4, -0.2) is 9.55 Å². The highest BCUT2D eigenvalue weighted by Crippen LogP contribution is 2.25. The number of nitrogens with one attached hydrogen (secondary N) is 1. The molecule has 0 unspecified atom stereocenters. The highest BCUT2D eigenvalue weighted by atomic mass is 79.9. The topological polar surface area (TPSA) is 20.7 Å². The van der Waals surface area contributed by atoms with Crippen molar-refractivity contribution in [2.45, 2.75) is 33.7 Å². The second-order valence-corrected chi connectivity index (χ2v) is 6.92. The van der Waals surface area contributed by atoms with Crippen LogP contribution in [0.2, 0.25) is 0 Å². The van der Waals surface area contributed by atoms with Crippen LogP contribution in [0.15, 0.2) is 16.6 Å². The first-order chi connectivity index (χ1) is 8.28. The molecule has 0 aliphatic carbocycles.